The second kappa shape index (κ2) is 6.70. The molecule has 1 amide bonds. The summed E-state index contributed by atoms with van der Waals surface area (Å²) < 4.78 is 5.05. The fourth-order valence-electron chi connectivity index (χ4n) is 2.61. The number of aromatic nitrogens is 2. The molecule has 1 aliphatic rings. The maximum Gasteiger partial charge on any atom is 0.290 e. The minimum absolute atomic E-state index is 0.0770. The third-order valence-corrected chi connectivity index (χ3v) is 3.77. The number of hydrogen-bond donors (Lipinski definition) is 2. The third-order valence-electron chi connectivity index (χ3n) is 3.77. The van der Waals surface area contributed by atoms with Crippen LogP contribution in [0.1, 0.15) is 40.2 Å². The highest BCUT2D eigenvalue weighted by atomic mass is 16.5. The van der Waals surface area contributed by atoms with Crippen molar-refractivity contribution in [1.82, 2.24) is 15.5 Å². The lowest BCUT2D eigenvalue weighted by Gasteiger charge is -2.22. The van der Waals surface area contributed by atoms with Crippen molar-refractivity contribution in [3.05, 3.63) is 42.1 Å². The van der Waals surface area contributed by atoms with Crippen molar-refractivity contribution < 1.29 is 14.1 Å². The van der Waals surface area contributed by atoms with Gasteiger partial charge in [-0.1, -0.05) is 29.8 Å². The van der Waals surface area contributed by atoms with Crippen LogP contribution in [-0.2, 0) is 0 Å². The van der Waals surface area contributed by atoms with E-state index in [4.69, 9.17) is 10.3 Å². The molecule has 7 heteroatoms. The van der Waals surface area contributed by atoms with Crippen LogP contribution in [0.25, 0.3) is 11.5 Å². The SMILES string of the molecule is NC(=O)c1noc(-c2ccccc2C(=O)[CH]C2CCCCN2)n1. The van der Waals surface area contributed by atoms with Crippen LogP contribution >= 0.6 is 0 Å². The van der Waals surface area contributed by atoms with Gasteiger partial charge in [-0.15, -0.1) is 0 Å². The summed E-state index contributed by atoms with van der Waals surface area (Å²) in [6.45, 7) is 0.918. The first-order chi connectivity index (χ1) is 11.1. The summed E-state index contributed by atoms with van der Waals surface area (Å²) in [4.78, 5) is 27.6. The number of hydrogen-bond acceptors (Lipinski definition) is 6. The highest BCUT2D eigenvalue weighted by Gasteiger charge is 2.22. The van der Waals surface area contributed by atoms with E-state index in [1.165, 1.54) is 0 Å². The number of carbonyl (C=O) groups excluding carboxylic acids is 2. The first-order valence-corrected chi connectivity index (χ1v) is 7.50. The Morgan fingerprint density at radius 1 is 1.30 bits per heavy atom. The number of Topliss-reactive ketones (excluding diaryl/α,β-unsaturated/α-hetero) is 1. The van der Waals surface area contributed by atoms with Gasteiger partial charge in [0.15, 0.2) is 5.78 Å². The molecule has 1 unspecified atom stereocenters. The highest BCUT2D eigenvalue weighted by molar-refractivity contribution is 6.07. The van der Waals surface area contributed by atoms with Gasteiger partial charge in [0.05, 0.1) is 5.56 Å². The van der Waals surface area contributed by atoms with Crippen LogP contribution in [-0.4, -0.2) is 34.4 Å². The smallest absolute Gasteiger partial charge is 0.290 e. The molecule has 0 aliphatic carbocycles. The molecule has 1 aromatic carbocycles. The van der Waals surface area contributed by atoms with Gasteiger partial charge in [-0.25, -0.2) is 0 Å². The molecule has 1 aliphatic heterocycles. The van der Waals surface area contributed by atoms with Crippen LogP contribution in [0.3, 0.4) is 0 Å². The van der Waals surface area contributed by atoms with Gasteiger partial charge in [-0.05, 0) is 25.5 Å². The fourth-order valence-corrected chi connectivity index (χ4v) is 2.61. The molecule has 0 bridgehead atoms. The van der Waals surface area contributed by atoms with Crippen molar-refractivity contribution in [2.45, 2.75) is 25.3 Å². The Hall–Kier alpha value is -2.54. The number of nitrogens with two attached hydrogens (primary N) is 1. The molecule has 119 valence electrons. The summed E-state index contributed by atoms with van der Waals surface area (Å²) in [5.74, 6) is -0.992. The van der Waals surface area contributed by atoms with Crippen LogP contribution in [0, 0.1) is 6.42 Å². The van der Waals surface area contributed by atoms with Gasteiger partial charge in [0.25, 0.3) is 17.6 Å². The summed E-state index contributed by atoms with van der Waals surface area (Å²) in [5, 5.41) is 6.82. The predicted octanol–water partition coefficient (Wildman–Crippen LogP) is 1.36. The predicted molar refractivity (Wildman–Crippen MR) is 82.5 cm³/mol. The number of rotatable bonds is 5. The molecule has 1 atom stereocenters. The number of nitrogens with zero attached hydrogens (tertiary/aromatic N) is 2. The van der Waals surface area contributed by atoms with Gasteiger partial charge in [0, 0.05) is 18.0 Å². The Kier molecular flexibility index (Phi) is 4.47. The quantitative estimate of drug-likeness (QED) is 0.806. The average molecular weight is 313 g/mol. The van der Waals surface area contributed by atoms with Gasteiger partial charge >= 0.3 is 0 Å². The van der Waals surface area contributed by atoms with Gasteiger partial charge in [0.1, 0.15) is 0 Å². The summed E-state index contributed by atoms with van der Waals surface area (Å²) in [6.07, 6.45) is 4.87. The number of nitrogens with one attached hydrogen (secondary N) is 1. The molecular formula is C16H17N4O3. The van der Waals surface area contributed by atoms with E-state index < -0.39 is 5.91 Å². The van der Waals surface area contributed by atoms with E-state index in [9.17, 15) is 9.59 Å². The highest BCUT2D eigenvalue weighted by Crippen LogP contribution is 2.24. The van der Waals surface area contributed by atoms with Crippen LogP contribution in [0.5, 0.6) is 0 Å². The normalized spacial score (nSPS) is 17.8. The van der Waals surface area contributed by atoms with Crippen molar-refractivity contribution in [3.8, 4) is 11.5 Å². The van der Waals surface area contributed by atoms with Crippen LogP contribution in [0.2, 0.25) is 0 Å². The number of primary amides is 1. The van der Waals surface area contributed by atoms with Crippen molar-refractivity contribution in [1.29, 1.82) is 0 Å². The number of piperidine rings is 1. The Labute approximate surface area is 133 Å². The Morgan fingerprint density at radius 2 is 2.13 bits per heavy atom. The summed E-state index contributed by atoms with van der Waals surface area (Å²) in [5.41, 5.74) is 6.07. The van der Waals surface area contributed by atoms with Crippen molar-refractivity contribution in [2.24, 2.45) is 5.73 Å². The molecule has 1 saturated heterocycles. The lowest BCUT2D eigenvalue weighted by Crippen LogP contribution is -2.36. The van der Waals surface area contributed by atoms with Crippen molar-refractivity contribution in [3.63, 3.8) is 0 Å². The van der Waals surface area contributed by atoms with Gasteiger partial charge in [-0.3, -0.25) is 9.59 Å². The number of amides is 1. The molecule has 2 heterocycles. The number of carbonyl (C=O) groups is 2. The third kappa shape index (κ3) is 3.45. The summed E-state index contributed by atoms with van der Waals surface area (Å²) in [6, 6.07) is 7.01. The summed E-state index contributed by atoms with van der Waals surface area (Å²) in [7, 11) is 0. The minimum atomic E-state index is -0.776. The van der Waals surface area contributed by atoms with E-state index in [1.807, 2.05) is 0 Å². The van der Waals surface area contributed by atoms with E-state index in [0.29, 0.717) is 11.1 Å². The lowest BCUT2D eigenvalue weighted by atomic mass is 9.94. The van der Waals surface area contributed by atoms with Crippen molar-refractivity contribution in [2.75, 3.05) is 6.54 Å². The lowest BCUT2D eigenvalue weighted by molar-refractivity contribution is 0.0985. The molecule has 0 spiro atoms. The Bertz CT molecular complexity index is 720. The molecular weight excluding hydrogens is 296 g/mol. The number of benzene rings is 1. The second-order valence-electron chi connectivity index (χ2n) is 5.42. The van der Waals surface area contributed by atoms with Gasteiger partial charge in [-0.2, -0.15) is 4.98 Å². The molecule has 3 N–H and O–H groups in total. The molecule has 1 radical (unpaired) electrons. The van der Waals surface area contributed by atoms with Gasteiger partial charge in [0.2, 0.25) is 0 Å². The molecule has 2 aromatic rings. The maximum atomic E-state index is 12.6. The standard InChI is InChI=1S/C16H17N4O3/c17-14(22)15-19-16(23-20-15)12-7-2-1-6-11(12)13(21)9-10-5-3-4-8-18-10/h1-2,6-7,9-10,18H,3-5,8H2,(H2,17,22). The molecule has 7 nitrogen and oxygen atoms in total. The first-order valence-electron chi connectivity index (χ1n) is 7.50. The summed E-state index contributed by atoms with van der Waals surface area (Å²) >= 11 is 0. The zero-order valence-electron chi connectivity index (χ0n) is 12.5. The molecule has 0 saturated carbocycles. The van der Waals surface area contributed by atoms with E-state index in [2.05, 4.69) is 15.5 Å². The Balaban J connectivity index is 1.84. The molecule has 1 fully saturated rings. The van der Waals surface area contributed by atoms with Crippen molar-refractivity contribution >= 4 is 11.7 Å². The second-order valence-corrected chi connectivity index (χ2v) is 5.42. The molecule has 1 aromatic heterocycles. The van der Waals surface area contributed by atoms with E-state index in [-0.39, 0.29) is 23.5 Å². The zero-order valence-corrected chi connectivity index (χ0v) is 12.5. The fraction of sp³-hybridized carbons (Fsp3) is 0.312. The largest absolute Gasteiger partial charge is 0.363 e. The first kappa shape index (κ1) is 15.4. The monoisotopic (exact) mass is 313 g/mol. The topological polar surface area (TPSA) is 111 Å². The Morgan fingerprint density at radius 3 is 2.83 bits per heavy atom. The molecule has 3 rings (SSSR count). The van der Waals surface area contributed by atoms with E-state index in [1.54, 1.807) is 30.7 Å². The number of ketones is 1. The van der Waals surface area contributed by atoms with E-state index in [0.717, 1.165) is 25.8 Å². The van der Waals surface area contributed by atoms with Crippen LogP contribution in [0.4, 0.5) is 0 Å². The van der Waals surface area contributed by atoms with Gasteiger partial charge < -0.3 is 15.6 Å². The van der Waals surface area contributed by atoms with Crippen LogP contribution < -0.4 is 11.1 Å². The van der Waals surface area contributed by atoms with E-state index >= 15 is 0 Å². The maximum absolute atomic E-state index is 12.6. The molecule has 23 heavy (non-hydrogen) atoms. The average Bonchev–Trinajstić information content (AvgIpc) is 3.06. The zero-order chi connectivity index (χ0) is 16.2. The van der Waals surface area contributed by atoms with Crippen LogP contribution in [0.15, 0.2) is 28.8 Å². The minimum Gasteiger partial charge on any atom is -0.363 e.